The third kappa shape index (κ3) is 5.59. The molecule has 1 atom stereocenters. The Kier molecular flexibility index (Phi) is 7.39. The van der Waals surface area contributed by atoms with E-state index in [0.717, 1.165) is 29.5 Å². The lowest BCUT2D eigenvalue weighted by molar-refractivity contribution is 0.417. The summed E-state index contributed by atoms with van der Waals surface area (Å²) in [6.07, 6.45) is 1.85. The van der Waals surface area contributed by atoms with E-state index >= 15 is 0 Å². The Morgan fingerprint density at radius 3 is 2.66 bits per heavy atom. The molecule has 1 aromatic heterocycles. The van der Waals surface area contributed by atoms with Crippen LogP contribution in [-0.2, 0) is 13.6 Å². The zero-order valence-electron chi connectivity index (χ0n) is 16.8. The Hall–Kier alpha value is -3.31. The van der Waals surface area contributed by atoms with Crippen LogP contribution in [0, 0.1) is 11.3 Å². The van der Waals surface area contributed by atoms with Crippen LogP contribution in [0.1, 0.15) is 30.9 Å². The molecule has 1 fully saturated rings. The smallest absolute Gasteiger partial charge is 0.332 e. The van der Waals surface area contributed by atoms with Crippen LogP contribution in [0.5, 0.6) is 0 Å². The predicted octanol–water partition coefficient (Wildman–Crippen LogP) is 1.47. The van der Waals surface area contributed by atoms with Crippen molar-refractivity contribution in [3.05, 3.63) is 74.6 Å². The largest absolute Gasteiger partial charge is 0.513 e. The van der Waals surface area contributed by atoms with Crippen molar-refractivity contribution in [1.29, 1.82) is 5.26 Å². The molecule has 0 spiro atoms. The number of nitriles is 1. The lowest BCUT2D eigenvalue weighted by Crippen LogP contribution is -2.47. The first-order chi connectivity index (χ1) is 13.7. The summed E-state index contributed by atoms with van der Waals surface area (Å²) >= 11 is 0. The van der Waals surface area contributed by atoms with Crippen LogP contribution in [0.25, 0.3) is 0 Å². The molecule has 1 aliphatic heterocycles. The van der Waals surface area contributed by atoms with Gasteiger partial charge < -0.3 is 15.7 Å². The fraction of sp³-hybridized carbons (Fsp3) is 0.381. The van der Waals surface area contributed by atoms with E-state index in [0.29, 0.717) is 17.9 Å². The van der Waals surface area contributed by atoms with E-state index in [1.807, 2.05) is 17.0 Å². The molecule has 3 rings (SSSR count). The van der Waals surface area contributed by atoms with Crippen LogP contribution in [0.3, 0.4) is 0 Å². The lowest BCUT2D eigenvalue weighted by Gasteiger charge is -2.34. The van der Waals surface area contributed by atoms with E-state index in [1.54, 1.807) is 16.7 Å². The summed E-state index contributed by atoms with van der Waals surface area (Å²) < 4.78 is 2.64. The summed E-state index contributed by atoms with van der Waals surface area (Å²) in [7, 11) is 1.46. The van der Waals surface area contributed by atoms with Gasteiger partial charge in [-0.3, -0.25) is 13.9 Å². The first kappa shape index (κ1) is 22.0. The molecule has 29 heavy (non-hydrogen) atoms. The van der Waals surface area contributed by atoms with Gasteiger partial charge in [0.05, 0.1) is 23.9 Å². The maximum atomic E-state index is 12.7. The van der Waals surface area contributed by atoms with Crippen LogP contribution < -0.4 is 21.9 Å². The van der Waals surface area contributed by atoms with Crippen LogP contribution >= 0.6 is 0 Å². The topological polar surface area (TPSA) is 117 Å². The molecule has 3 N–H and O–H groups in total. The van der Waals surface area contributed by atoms with Gasteiger partial charge in [0.2, 0.25) is 0 Å². The number of allylic oxidation sites excluding steroid dienone is 1. The van der Waals surface area contributed by atoms with Crippen molar-refractivity contribution in [1.82, 2.24) is 9.13 Å². The van der Waals surface area contributed by atoms with Crippen LogP contribution in [-0.4, -0.2) is 33.4 Å². The van der Waals surface area contributed by atoms with Crippen LogP contribution in [0.2, 0.25) is 0 Å². The van der Waals surface area contributed by atoms with Crippen molar-refractivity contribution in [2.75, 3.05) is 18.0 Å². The number of aromatic nitrogens is 2. The van der Waals surface area contributed by atoms with Crippen LogP contribution in [0.4, 0.5) is 5.82 Å². The third-order valence-electron chi connectivity index (χ3n) is 4.63. The van der Waals surface area contributed by atoms with Crippen molar-refractivity contribution >= 4 is 5.82 Å². The fourth-order valence-corrected chi connectivity index (χ4v) is 3.22. The molecule has 0 amide bonds. The Morgan fingerprint density at radius 1 is 1.38 bits per heavy atom. The average molecular weight is 397 g/mol. The van der Waals surface area contributed by atoms with Gasteiger partial charge in [0.15, 0.2) is 0 Å². The second kappa shape index (κ2) is 9.75. The third-order valence-corrected chi connectivity index (χ3v) is 4.63. The van der Waals surface area contributed by atoms with Gasteiger partial charge in [0.25, 0.3) is 5.56 Å². The normalized spacial score (nSPS) is 15.8. The van der Waals surface area contributed by atoms with Crippen molar-refractivity contribution in [3.63, 3.8) is 0 Å². The molecule has 8 nitrogen and oxygen atoms in total. The minimum absolute atomic E-state index is 0.0211. The van der Waals surface area contributed by atoms with Crippen molar-refractivity contribution in [2.24, 2.45) is 12.8 Å². The summed E-state index contributed by atoms with van der Waals surface area (Å²) in [4.78, 5) is 26.9. The summed E-state index contributed by atoms with van der Waals surface area (Å²) in [6.45, 7) is 6.23. The second-order valence-corrected chi connectivity index (χ2v) is 7.12. The van der Waals surface area contributed by atoms with E-state index in [1.165, 1.54) is 20.0 Å². The maximum Gasteiger partial charge on any atom is 0.332 e. The number of hydrogen-bond donors (Lipinski definition) is 2. The molecule has 0 radical (unpaired) electrons. The standard InChI is InChI=1S/C18H21N5O2.C3H6O/c1-21-17(24)9-16(22-8-4-7-15(20)12-22)23(18(21)25)11-14-6-3-2-5-13(14)10-19;1-3(2)4/h2-3,5-6,9,15H,4,7-8,11-12,20H2,1H3;4H,1H2,2H3/t15-;/m1./s1. The van der Waals surface area contributed by atoms with Gasteiger partial charge in [-0.1, -0.05) is 24.8 Å². The number of aliphatic hydroxyl groups is 1. The summed E-state index contributed by atoms with van der Waals surface area (Å²) in [5.41, 5.74) is 6.59. The predicted molar refractivity (Wildman–Crippen MR) is 113 cm³/mol. The van der Waals surface area contributed by atoms with E-state index < -0.39 is 5.69 Å². The molecule has 8 heteroatoms. The molecule has 2 aromatic rings. The van der Waals surface area contributed by atoms with Gasteiger partial charge in [-0.25, -0.2) is 4.79 Å². The number of nitrogens with two attached hydrogens (primary N) is 1. The van der Waals surface area contributed by atoms with Gasteiger partial charge >= 0.3 is 5.69 Å². The molecular weight excluding hydrogens is 370 g/mol. The minimum Gasteiger partial charge on any atom is -0.513 e. The zero-order valence-corrected chi connectivity index (χ0v) is 16.8. The van der Waals surface area contributed by atoms with Crippen molar-refractivity contribution in [2.45, 2.75) is 32.4 Å². The van der Waals surface area contributed by atoms with Crippen molar-refractivity contribution in [3.8, 4) is 6.07 Å². The maximum absolute atomic E-state index is 12.7. The monoisotopic (exact) mass is 397 g/mol. The number of anilines is 1. The Bertz CT molecular complexity index is 1030. The summed E-state index contributed by atoms with van der Waals surface area (Å²) in [5.74, 6) is 0.732. The fourth-order valence-electron chi connectivity index (χ4n) is 3.22. The highest BCUT2D eigenvalue weighted by molar-refractivity contribution is 5.42. The lowest BCUT2D eigenvalue weighted by atomic mass is 10.1. The van der Waals surface area contributed by atoms with E-state index in [9.17, 15) is 14.9 Å². The SMILES string of the molecule is C=C(C)O.Cn1c(=O)cc(N2CCC[C@@H](N)C2)n(Cc2ccccc2C#N)c1=O. The van der Waals surface area contributed by atoms with Crippen molar-refractivity contribution < 1.29 is 5.11 Å². The zero-order chi connectivity index (χ0) is 21.6. The van der Waals surface area contributed by atoms with Gasteiger partial charge in [0.1, 0.15) is 5.82 Å². The number of hydrogen-bond acceptors (Lipinski definition) is 6. The Morgan fingerprint density at radius 2 is 2.03 bits per heavy atom. The molecule has 0 aliphatic carbocycles. The number of benzene rings is 1. The molecule has 1 aromatic carbocycles. The van der Waals surface area contributed by atoms with Gasteiger partial charge in [-0.2, -0.15) is 5.26 Å². The molecule has 2 heterocycles. The number of aliphatic hydroxyl groups excluding tert-OH is 1. The van der Waals surface area contributed by atoms with E-state index in [2.05, 4.69) is 12.6 Å². The Labute approximate surface area is 169 Å². The molecule has 154 valence electrons. The highest BCUT2D eigenvalue weighted by atomic mass is 16.3. The van der Waals surface area contributed by atoms with Gasteiger partial charge in [0, 0.05) is 32.2 Å². The molecule has 1 saturated heterocycles. The summed E-state index contributed by atoms with van der Waals surface area (Å²) in [5, 5.41) is 17.2. The van der Waals surface area contributed by atoms with Gasteiger partial charge in [-0.05, 0) is 31.4 Å². The van der Waals surface area contributed by atoms with E-state index in [-0.39, 0.29) is 23.9 Å². The number of piperidine rings is 1. The first-order valence-electron chi connectivity index (χ1n) is 9.38. The van der Waals surface area contributed by atoms with Crippen LogP contribution in [0.15, 0.2) is 52.3 Å². The molecular formula is C21H27N5O3. The number of nitrogens with zero attached hydrogens (tertiary/aromatic N) is 4. The first-order valence-corrected chi connectivity index (χ1v) is 9.38. The highest BCUT2D eigenvalue weighted by Crippen LogP contribution is 2.19. The average Bonchev–Trinajstić information content (AvgIpc) is 2.68. The number of rotatable bonds is 3. The van der Waals surface area contributed by atoms with E-state index in [4.69, 9.17) is 10.8 Å². The highest BCUT2D eigenvalue weighted by Gasteiger charge is 2.22. The Balaban J connectivity index is 0.000000687. The molecule has 1 aliphatic rings. The molecule has 0 unspecified atom stereocenters. The molecule has 0 bridgehead atoms. The summed E-state index contributed by atoms with van der Waals surface area (Å²) in [6, 6.07) is 10.8. The minimum atomic E-state index is -0.394. The van der Waals surface area contributed by atoms with Gasteiger partial charge in [-0.15, -0.1) is 0 Å². The molecule has 0 saturated carbocycles. The second-order valence-electron chi connectivity index (χ2n) is 7.12. The quantitative estimate of drug-likeness (QED) is 0.758.